The Labute approximate surface area is 322 Å². The van der Waals surface area contributed by atoms with Crippen molar-refractivity contribution in [3.05, 3.63) is 108 Å². The number of hydrogen-bond donors (Lipinski definition) is 1. The van der Waals surface area contributed by atoms with Gasteiger partial charge in [0.15, 0.2) is 0 Å². The van der Waals surface area contributed by atoms with Crippen LogP contribution < -0.4 is 0 Å². The topological polar surface area (TPSA) is 108 Å². The first-order valence-electron chi connectivity index (χ1n) is 16.0. The second kappa shape index (κ2) is 14.2. The highest BCUT2D eigenvalue weighted by molar-refractivity contribution is 7.88. The van der Waals surface area contributed by atoms with Crippen LogP contribution in [0.15, 0.2) is 58.1 Å². The molecule has 0 saturated carbocycles. The summed E-state index contributed by atoms with van der Waals surface area (Å²) in [6.45, 7) is 1.51. The minimum atomic E-state index is -4.36. The first kappa shape index (κ1) is 35.3. The zero-order valence-corrected chi connectivity index (χ0v) is 32.1. The molecule has 16 heteroatoms. The number of nitrogens with zero attached hydrogens (tertiary/aromatic N) is 4. The summed E-state index contributed by atoms with van der Waals surface area (Å²) in [5, 5.41) is 14.0. The van der Waals surface area contributed by atoms with Gasteiger partial charge in [0.1, 0.15) is 4.21 Å². The summed E-state index contributed by atoms with van der Waals surface area (Å²) in [5.41, 5.74) is 9.05. The highest BCUT2D eigenvalue weighted by Crippen LogP contribution is 2.45. The van der Waals surface area contributed by atoms with Crippen LogP contribution in [0.25, 0.3) is 32.5 Å². The van der Waals surface area contributed by atoms with E-state index < -0.39 is 10.1 Å². The Hall–Kier alpha value is -2.75. The maximum Gasteiger partial charge on any atom is 0.304 e. The number of aromatic nitrogens is 4. The highest BCUT2D eigenvalue weighted by atomic mass is 35.5. The van der Waals surface area contributed by atoms with Crippen molar-refractivity contribution < 1.29 is 22.4 Å². The Balaban J connectivity index is 0.958. The molecule has 0 saturated heterocycles. The number of rotatable bonds is 11. The monoisotopic (exact) mass is 820 g/mol. The van der Waals surface area contributed by atoms with Crippen LogP contribution in [-0.4, -0.2) is 45.7 Å². The second-order valence-electron chi connectivity index (χ2n) is 12.2. The quantitative estimate of drug-likeness (QED) is 0.102. The number of thiophene rings is 2. The fourth-order valence-electron chi connectivity index (χ4n) is 6.65. The lowest BCUT2D eigenvalue weighted by atomic mass is 9.95. The van der Waals surface area contributed by atoms with Crippen LogP contribution in [0.3, 0.4) is 0 Å². The largest absolute Gasteiger partial charge is 0.375 e. The van der Waals surface area contributed by atoms with Crippen molar-refractivity contribution >= 4 is 79.2 Å². The molecule has 0 amide bonds. The number of benzene rings is 2. The maximum atomic E-state index is 12.0. The van der Waals surface area contributed by atoms with Crippen LogP contribution in [0.5, 0.6) is 0 Å². The minimum absolute atomic E-state index is 0.106. The molecule has 6 aromatic rings. The van der Waals surface area contributed by atoms with Crippen LogP contribution >= 0.6 is 69.1 Å². The molecule has 2 aliphatic rings. The van der Waals surface area contributed by atoms with Gasteiger partial charge in [-0.1, -0.05) is 46.4 Å². The van der Waals surface area contributed by atoms with Crippen LogP contribution in [0.4, 0.5) is 0 Å². The summed E-state index contributed by atoms with van der Waals surface area (Å²) in [7, 11) is -4.36. The molecule has 0 aliphatic heterocycles. The molecule has 0 fully saturated rings. The number of hydrogen-bond acceptors (Lipinski definition) is 8. The van der Waals surface area contributed by atoms with Gasteiger partial charge in [-0.25, -0.2) is 9.36 Å². The van der Waals surface area contributed by atoms with E-state index >= 15 is 0 Å². The third kappa shape index (κ3) is 6.80. The van der Waals surface area contributed by atoms with Crippen molar-refractivity contribution in [3.8, 4) is 32.5 Å². The number of halogens is 4. The van der Waals surface area contributed by atoms with Crippen LogP contribution in [-0.2, 0) is 58.5 Å². The van der Waals surface area contributed by atoms with Crippen LogP contribution in [0, 0.1) is 0 Å². The van der Waals surface area contributed by atoms with Gasteiger partial charge in [0.2, 0.25) is 0 Å². The predicted octanol–water partition coefficient (Wildman–Crippen LogP) is 9.70. The molecule has 0 bridgehead atoms. The summed E-state index contributed by atoms with van der Waals surface area (Å²) in [4.78, 5) is 1.92. The second-order valence-corrected chi connectivity index (χ2v) is 17.5. The summed E-state index contributed by atoms with van der Waals surface area (Å²) in [5.74, 6) is 0. The van der Waals surface area contributed by atoms with Gasteiger partial charge in [-0.15, -0.1) is 22.7 Å². The van der Waals surface area contributed by atoms with Crippen molar-refractivity contribution in [1.29, 1.82) is 0 Å². The van der Waals surface area contributed by atoms with Gasteiger partial charge in [0.25, 0.3) is 0 Å². The molecular formula is C35H28Cl4N4O5S3. The van der Waals surface area contributed by atoms with Gasteiger partial charge in [0.05, 0.1) is 67.2 Å². The third-order valence-corrected chi connectivity index (χ3v) is 13.5. The smallest absolute Gasteiger partial charge is 0.304 e. The van der Waals surface area contributed by atoms with Gasteiger partial charge in [-0.2, -0.15) is 18.6 Å². The summed E-state index contributed by atoms with van der Waals surface area (Å²) in [6, 6.07) is 14.3. The highest BCUT2D eigenvalue weighted by Gasteiger charge is 2.31. The Morgan fingerprint density at radius 2 is 1.27 bits per heavy atom. The van der Waals surface area contributed by atoms with E-state index in [1.165, 1.54) is 22.1 Å². The normalized spacial score (nSPS) is 13.6. The molecule has 2 aromatic carbocycles. The molecule has 0 spiro atoms. The SMILES string of the molecule is O=S(=O)(O)c1cc2c(s1)-c1c(c(COCCCOCc3nn(-c4ccc(Cl)cc4Cl)c4c3CCc3ccsc3-4)nn1-c1ccc(Cl)cc1Cl)CC2. The van der Waals surface area contributed by atoms with E-state index in [2.05, 4.69) is 11.4 Å². The van der Waals surface area contributed by atoms with Gasteiger partial charge >= 0.3 is 10.1 Å². The van der Waals surface area contributed by atoms with E-state index in [0.717, 1.165) is 68.6 Å². The molecule has 0 radical (unpaired) electrons. The Kier molecular flexibility index (Phi) is 9.85. The number of fused-ring (bicyclic) bond motifs is 6. The fourth-order valence-corrected chi connectivity index (χ4v) is 10.6. The molecule has 2 aliphatic carbocycles. The van der Waals surface area contributed by atoms with Crippen molar-refractivity contribution in [1.82, 2.24) is 19.6 Å². The van der Waals surface area contributed by atoms with Gasteiger partial charge in [-0.05, 0) is 97.1 Å². The zero-order chi connectivity index (χ0) is 35.4. The molecule has 0 unspecified atom stereocenters. The lowest BCUT2D eigenvalue weighted by Gasteiger charge is -2.16. The van der Waals surface area contributed by atoms with Gasteiger partial charge in [-0.3, -0.25) is 4.55 Å². The molecule has 51 heavy (non-hydrogen) atoms. The molecule has 4 aromatic heterocycles. The van der Waals surface area contributed by atoms with E-state index in [-0.39, 0.29) is 10.8 Å². The molecular weight excluding hydrogens is 794 g/mol. The molecule has 264 valence electrons. The van der Waals surface area contributed by atoms with Gasteiger partial charge in [0, 0.05) is 34.4 Å². The molecule has 8 rings (SSSR count). The first-order valence-corrected chi connectivity index (χ1v) is 20.7. The minimum Gasteiger partial charge on any atom is -0.375 e. The molecule has 4 heterocycles. The average Bonchev–Trinajstić information content (AvgIpc) is 3.88. The number of ether oxygens (including phenoxy) is 2. The average molecular weight is 823 g/mol. The first-order chi connectivity index (χ1) is 24.6. The summed E-state index contributed by atoms with van der Waals surface area (Å²) in [6.07, 6.45) is 3.70. The van der Waals surface area contributed by atoms with E-state index in [1.807, 2.05) is 16.8 Å². The third-order valence-electron chi connectivity index (χ3n) is 8.97. The van der Waals surface area contributed by atoms with E-state index in [1.54, 1.807) is 40.3 Å². The van der Waals surface area contributed by atoms with E-state index in [4.69, 9.17) is 66.1 Å². The Morgan fingerprint density at radius 1 is 0.725 bits per heavy atom. The summed E-state index contributed by atoms with van der Waals surface area (Å²) >= 11 is 28.3. The van der Waals surface area contributed by atoms with Crippen LogP contribution in [0.2, 0.25) is 20.1 Å². The van der Waals surface area contributed by atoms with Crippen LogP contribution in [0.1, 0.15) is 40.1 Å². The van der Waals surface area contributed by atoms with Gasteiger partial charge < -0.3 is 9.47 Å². The predicted molar refractivity (Wildman–Crippen MR) is 202 cm³/mol. The lowest BCUT2D eigenvalue weighted by Crippen LogP contribution is -2.06. The maximum absolute atomic E-state index is 12.0. The van der Waals surface area contributed by atoms with Crippen molar-refractivity contribution in [3.63, 3.8) is 0 Å². The molecule has 9 nitrogen and oxygen atoms in total. The molecule has 1 N–H and O–H groups in total. The summed E-state index contributed by atoms with van der Waals surface area (Å²) < 4.78 is 49.5. The fraction of sp³-hybridized carbons (Fsp3) is 0.257. The lowest BCUT2D eigenvalue weighted by molar-refractivity contribution is 0.0668. The Morgan fingerprint density at radius 3 is 1.82 bits per heavy atom. The van der Waals surface area contributed by atoms with Crippen molar-refractivity contribution in [2.45, 2.75) is 49.5 Å². The zero-order valence-electron chi connectivity index (χ0n) is 26.7. The van der Waals surface area contributed by atoms with Crippen molar-refractivity contribution in [2.75, 3.05) is 13.2 Å². The molecule has 0 atom stereocenters. The van der Waals surface area contributed by atoms with E-state index in [0.29, 0.717) is 64.9 Å². The standard InChI is InChI=1S/C35H28Cl4N4O5S3/c36-21-4-8-29(25(38)15-21)42-32-23(6-2-19-10-13-49-34(19)32)27(40-42)17-47-11-1-12-48-18-28-24-7-3-20-14-31(51(44,45)46)50-35(20)33(24)43(41-28)30-9-5-22(37)16-26(30)39/h4-5,8-10,13-16H,1-3,6-7,11-12,17-18H2,(H,44,45,46). The van der Waals surface area contributed by atoms with Crippen molar-refractivity contribution in [2.24, 2.45) is 0 Å². The Bertz CT molecular complexity index is 2420. The number of aryl methyl sites for hydroxylation is 2. The van der Waals surface area contributed by atoms with E-state index in [9.17, 15) is 13.0 Å².